The molecule has 7 heteroatoms. The Kier molecular flexibility index (Phi) is 5.85. The van der Waals surface area contributed by atoms with Crippen molar-refractivity contribution in [3.8, 4) is 0 Å². The average Bonchev–Trinajstić information content (AvgIpc) is 2.89. The van der Waals surface area contributed by atoms with Crippen LogP contribution < -0.4 is 0 Å². The lowest BCUT2D eigenvalue weighted by Gasteiger charge is -2.26. The van der Waals surface area contributed by atoms with E-state index in [4.69, 9.17) is 14.4 Å². The summed E-state index contributed by atoms with van der Waals surface area (Å²) in [6.07, 6.45) is 5.90. The van der Waals surface area contributed by atoms with Crippen LogP contribution in [0.4, 0.5) is 0 Å². The van der Waals surface area contributed by atoms with Gasteiger partial charge in [-0.3, -0.25) is 4.79 Å². The van der Waals surface area contributed by atoms with E-state index < -0.39 is 5.97 Å². The molecule has 1 aliphatic rings. The fraction of sp³-hybridized carbons (Fsp3) is 0.769. The average molecular weight is 300 g/mol. The minimum absolute atomic E-state index is 0.0358. The molecule has 112 valence electrons. The second kappa shape index (κ2) is 7.64. The van der Waals surface area contributed by atoms with E-state index in [2.05, 4.69) is 10.1 Å². The molecule has 0 aliphatic heterocycles. The van der Waals surface area contributed by atoms with Crippen molar-refractivity contribution in [2.45, 2.75) is 44.0 Å². The summed E-state index contributed by atoms with van der Waals surface area (Å²) in [4.78, 5) is 14.8. The van der Waals surface area contributed by atoms with Crippen LogP contribution in [0.1, 0.15) is 49.9 Å². The van der Waals surface area contributed by atoms with Crippen molar-refractivity contribution in [1.29, 1.82) is 0 Å². The predicted octanol–water partition coefficient (Wildman–Crippen LogP) is 2.66. The van der Waals surface area contributed by atoms with Gasteiger partial charge in [-0.05, 0) is 18.8 Å². The molecular formula is C13H20N2O4S. The number of methoxy groups -OCH3 is 1. The highest BCUT2D eigenvalue weighted by Crippen LogP contribution is 2.35. The van der Waals surface area contributed by atoms with E-state index >= 15 is 0 Å². The fourth-order valence-corrected chi connectivity index (χ4v) is 3.18. The lowest BCUT2D eigenvalue weighted by Crippen LogP contribution is -2.19. The van der Waals surface area contributed by atoms with Crippen LogP contribution in [-0.2, 0) is 15.3 Å². The van der Waals surface area contributed by atoms with Crippen LogP contribution in [0.25, 0.3) is 0 Å². The molecule has 1 heterocycles. The third-order valence-electron chi connectivity index (χ3n) is 3.52. The smallest absolute Gasteiger partial charge is 0.313 e. The molecule has 0 bridgehead atoms. The van der Waals surface area contributed by atoms with Crippen molar-refractivity contribution < 1.29 is 19.2 Å². The highest BCUT2D eigenvalue weighted by molar-refractivity contribution is 7.99. The molecule has 1 aliphatic carbocycles. The summed E-state index contributed by atoms with van der Waals surface area (Å²) in [6.45, 7) is 0. The lowest BCUT2D eigenvalue weighted by molar-refractivity contribution is -0.133. The van der Waals surface area contributed by atoms with Crippen molar-refractivity contribution in [3.05, 3.63) is 11.7 Å². The summed E-state index contributed by atoms with van der Waals surface area (Å²) < 4.78 is 10.7. The normalized spacial score (nSPS) is 18.1. The maximum Gasteiger partial charge on any atom is 0.313 e. The number of hydrogen-bond donors (Lipinski definition) is 1. The van der Waals surface area contributed by atoms with Gasteiger partial charge in [0.1, 0.15) is 6.10 Å². The molecule has 1 atom stereocenters. The van der Waals surface area contributed by atoms with Gasteiger partial charge < -0.3 is 14.4 Å². The molecule has 0 radical (unpaired) electrons. The largest absolute Gasteiger partial charge is 0.481 e. The van der Waals surface area contributed by atoms with Crippen LogP contribution in [0, 0.1) is 5.92 Å². The summed E-state index contributed by atoms with van der Waals surface area (Å²) in [6, 6.07) is 0. The van der Waals surface area contributed by atoms with Gasteiger partial charge in [0.05, 0.1) is 11.5 Å². The number of nitrogens with zero attached hydrogens (tertiary/aromatic N) is 2. The van der Waals surface area contributed by atoms with Crippen LogP contribution in [0.2, 0.25) is 0 Å². The molecule has 0 saturated heterocycles. The summed E-state index contributed by atoms with van der Waals surface area (Å²) in [5.74, 6) is 1.11. The quantitative estimate of drug-likeness (QED) is 0.828. The SMILES string of the molecule is COC(c1noc(CSCC(=O)O)n1)C1CCCCC1. The molecule has 1 aromatic heterocycles. The Morgan fingerprint density at radius 1 is 1.50 bits per heavy atom. The number of aliphatic carboxylic acids is 1. The molecule has 1 aromatic rings. The number of ether oxygens (including phenoxy) is 1. The van der Waals surface area contributed by atoms with Crippen molar-refractivity contribution in [1.82, 2.24) is 10.1 Å². The predicted molar refractivity (Wildman–Crippen MR) is 74.4 cm³/mol. The van der Waals surface area contributed by atoms with Gasteiger partial charge in [0.2, 0.25) is 11.7 Å². The van der Waals surface area contributed by atoms with Gasteiger partial charge in [-0.25, -0.2) is 0 Å². The molecule has 6 nitrogen and oxygen atoms in total. The van der Waals surface area contributed by atoms with Crippen LogP contribution in [-0.4, -0.2) is 34.1 Å². The second-order valence-corrected chi connectivity index (χ2v) is 5.97. The summed E-state index contributed by atoms with van der Waals surface area (Å²) in [7, 11) is 1.68. The summed E-state index contributed by atoms with van der Waals surface area (Å²) in [5.41, 5.74) is 0. The van der Waals surface area contributed by atoms with E-state index in [0.29, 0.717) is 23.4 Å². The Morgan fingerprint density at radius 2 is 2.25 bits per heavy atom. The Hall–Kier alpha value is -1.08. The molecule has 2 rings (SSSR count). The van der Waals surface area contributed by atoms with Crippen molar-refractivity contribution >= 4 is 17.7 Å². The van der Waals surface area contributed by atoms with Crippen molar-refractivity contribution in [2.75, 3.05) is 12.9 Å². The Balaban J connectivity index is 1.93. The van der Waals surface area contributed by atoms with Crippen LogP contribution >= 0.6 is 11.8 Å². The van der Waals surface area contributed by atoms with Crippen LogP contribution in [0.15, 0.2) is 4.52 Å². The summed E-state index contributed by atoms with van der Waals surface area (Å²) >= 11 is 1.25. The van der Waals surface area contributed by atoms with E-state index in [1.54, 1.807) is 7.11 Å². The van der Waals surface area contributed by atoms with E-state index in [-0.39, 0.29) is 11.9 Å². The lowest BCUT2D eigenvalue weighted by atomic mass is 9.85. The number of carboxylic acids is 1. The third-order valence-corrected chi connectivity index (χ3v) is 4.42. The third kappa shape index (κ3) is 4.21. The van der Waals surface area contributed by atoms with Gasteiger partial charge in [0.15, 0.2) is 0 Å². The van der Waals surface area contributed by atoms with Gasteiger partial charge in [-0.1, -0.05) is 24.4 Å². The van der Waals surface area contributed by atoms with E-state index in [1.807, 2.05) is 0 Å². The van der Waals surface area contributed by atoms with Crippen molar-refractivity contribution in [2.24, 2.45) is 5.92 Å². The van der Waals surface area contributed by atoms with Crippen LogP contribution in [0.5, 0.6) is 0 Å². The van der Waals surface area contributed by atoms with E-state index in [9.17, 15) is 4.79 Å². The number of hydrogen-bond acceptors (Lipinski definition) is 6. The van der Waals surface area contributed by atoms with Gasteiger partial charge in [0, 0.05) is 7.11 Å². The fourth-order valence-electron chi connectivity index (χ4n) is 2.61. The zero-order valence-corrected chi connectivity index (χ0v) is 12.4. The minimum Gasteiger partial charge on any atom is -0.481 e. The first-order chi connectivity index (χ1) is 9.70. The van der Waals surface area contributed by atoms with Gasteiger partial charge in [-0.15, -0.1) is 11.8 Å². The number of carboxylic acid groups (broad SMARTS) is 1. The van der Waals surface area contributed by atoms with E-state index in [1.165, 1.54) is 31.0 Å². The standard InChI is InChI=1S/C13H20N2O4S/c1-18-12(9-5-3-2-4-6-9)13-14-10(19-15-13)7-20-8-11(16)17/h9,12H,2-8H2,1H3,(H,16,17). The zero-order chi connectivity index (χ0) is 14.4. The number of thioether (sulfide) groups is 1. The molecule has 1 fully saturated rings. The molecule has 1 N–H and O–H groups in total. The molecule has 1 saturated carbocycles. The van der Waals surface area contributed by atoms with E-state index in [0.717, 1.165) is 12.8 Å². The van der Waals surface area contributed by atoms with Crippen LogP contribution in [0.3, 0.4) is 0 Å². The Labute approximate surface area is 122 Å². The first kappa shape index (κ1) is 15.3. The maximum atomic E-state index is 10.4. The Bertz CT molecular complexity index is 432. The number of carbonyl (C=O) groups is 1. The monoisotopic (exact) mass is 300 g/mol. The topological polar surface area (TPSA) is 85.5 Å². The summed E-state index contributed by atoms with van der Waals surface area (Å²) in [5, 5.41) is 12.6. The molecule has 0 amide bonds. The first-order valence-corrected chi connectivity index (χ1v) is 8.01. The maximum absolute atomic E-state index is 10.4. The highest BCUT2D eigenvalue weighted by Gasteiger charge is 2.28. The minimum atomic E-state index is -0.841. The number of rotatable bonds is 7. The molecule has 0 spiro atoms. The second-order valence-electron chi connectivity index (χ2n) is 4.99. The zero-order valence-electron chi connectivity index (χ0n) is 11.6. The number of aromatic nitrogens is 2. The highest BCUT2D eigenvalue weighted by atomic mass is 32.2. The molecule has 1 unspecified atom stereocenters. The van der Waals surface area contributed by atoms with Gasteiger partial charge >= 0.3 is 5.97 Å². The molecular weight excluding hydrogens is 280 g/mol. The molecule has 0 aromatic carbocycles. The first-order valence-electron chi connectivity index (χ1n) is 6.85. The Morgan fingerprint density at radius 3 is 2.90 bits per heavy atom. The molecule has 20 heavy (non-hydrogen) atoms. The van der Waals surface area contributed by atoms with Crippen molar-refractivity contribution in [3.63, 3.8) is 0 Å². The van der Waals surface area contributed by atoms with Gasteiger partial charge in [0.25, 0.3) is 0 Å². The van der Waals surface area contributed by atoms with Gasteiger partial charge in [-0.2, -0.15) is 4.98 Å².